The third-order valence-electron chi connectivity index (χ3n) is 2.74. The Morgan fingerprint density at radius 2 is 2.31 bits per heavy atom. The van der Waals surface area contributed by atoms with Crippen molar-refractivity contribution in [2.75, 3.05) is 13.2 Å². The van der Waals surface area contributed by atoms with E-state index in [4.69, 9.17) is 16.3 Å². The van der Waals surface area contributed by atoms with Crippen molar-refractivity contribution < 1.29 is 4.74 Å². The number of ether oxygens (including phenoxy) is 1. The van der Waals surface area contributed by atoms with E-state index in [1.54, 1.807) is 6.20 Å². The van der Waals surface area contributed by atoms with Crippen molar-refractivity contribution in [3.8, 4) is 0 Å². The van der Waals surface area contributed by atoms with Crippen molar-refractivity contribution in [2.24, 2.45) is 0 Å². The Labute approximate surface area is 105 Å². The lowest BCUT2D eigenvalue weighted by molar-refractivity contribution is 0.0602. The second-order valence-electron chi connectivity index (χ2n) is 4.01. The highest BCUT2D eigenvalue weighted by molar-refractivity contribution is 7.15. The van der Waals surface area contributed by atoms with Crippen LogP contribution >= 0.6 is 22.9 Å². The summed E-state index contributed by atoms with van der Waals surface area (Å²) in [5.41, 5.74) is 0. The van der Waals surface area contributed by atoms with Gasteiger partial charge in [-0.3, -0.25) is 0 Å². The minimum absolute atomic E-state index is 0.510. The number of thiazole rings is 1. The Balaban J connectivity index is 1.51. The molecular weight excluding hydrogens is 244 g/mol. The maximum absolute atomic E-state index is 5.79. The number of hydrogen-bond donors (Lipinski definition) is 1. The molecule has 0 saturated heterocycles. The van der Waals surface area contributed by atoms with Crippen molar-refractivity contribution in [3.05, 3.63) is 15.5 Å². The van der Waals surface area contributed by atoms with Crippen LogP contribution in [0.25, 0.3) is 0 Å². The maximum atomic E-state index is 5.79. The fourth-order valence-electron chi connectivity index (χ4n) is 1.92. The summed E-state index contributed by atoms with van der Waals surface area (Å²) >= 11 is 7.31. The molecule has 1 aromatic rings. The maximum Gasteiger partial charge on any atom is 0.113 e. The number of aromatic nitrogens is 1. The summed E-state index contributed by atoms with van der Waals surface area (Å²) < 4.78 is 6.49. The lowest BCUT2D eigenvalue weighted by Gasteiger charge is -2.10. The van der Waals surface area contributed by atoms with Crippen LogP contribution in [0.2, 0.25) is 4.34 Å². The van der Waals surface area contributed by atoms with Crippen LogP contribution < -0.4 is 5.32 Å². The van der Waals surface area contributed by atoms with Crippen LogP contribution in [0, 0.1) is 0 Å². The van der Waals surface area contributed by atoms with Gasteiger partial charge in [-0.05, 0) is 12.8 Å². The number of hydrogen-bond acceptors (Lipinski definition) is 4. The third-order valence-corrected chi connectivity index (χ3v) is 3.85. The highest BCUT2D eigenvalue weighted by Crippen LogP contribution is 2.20. The van der Waals surface area contributed by atoms with Crippen molar-refractivity contribution in [2.45, 2.75) is 38.3 Å². The number of nitrogens with zero attached hydrogens (tertiary/aromatic N) is 1. The molecule has 1 N–H and O–H groups in total. The molecule has 5 heteroatoms. The van der Waals surface area contributed by atoms with Crippen molar-refractivity contribution >= 4 is 22.9 Å². The molecule has 16 heavy (non-hydrogen) atoms. The van der Waals surface area contributed by atoms with Crippen LogP contribution in [0.15, 0.2) is 6.20 Å². The molecule has 0 aromatic carbocycles. The largest absolute Gasteiger partial charge is 0.377 e. The average Bonchev–Trinajstić information content (AvgIpc) is 2.89. The summed E-state index contributed by atoms with van der Waals surface area (Å²) in [7, 11) is 0. The zero-order chi connectivity index (χ0) is 11.2. The first-order chi connectivity index (χ1) is 7.84. The molecule has 1 aliphatic carbocycles. The van der Waals surface area contributed by atoms with Gasteiger partial charge in [0.1, 0.15) is 9.34 Å². The molecule has 3 nitrogen and oxygen atoms in total. The van der Waals surface area contributed by atoms with Gasteiger partial charge < -0.3 is 10.1 Å². The Morgan fingerprint density at radius 3 is 3.00 bits per heavy atom. The van der Waals surface area contributed by atoms with Crippen molar-refractivity contribution in [1.29, 1.82) is 0 Å². The minimum atomic E-state index is 0.510. The van der Waals surface area contributed by atoms with Gasteiger partial charge in [0, 0.05) is 13.1 Å². The molecule has 0 amide bonds. The van der Waals surface area contributed by atoms with E-state index in [1.807, 2.05) is 0 Å². The van der Waals surface area contributed by atoms with Gasteiger partial charge in [0.25, 0.3) is 0 Å². The molecule has 2 rings (SSSR count). The normalized spacial score (nSPS) is 17.1. The van der Waals surface area contributed by atoms with Gasteiger partial charge in [-0.2, -0.15) is 0 Å². The molecule has 1 aromatic heterocycles. The summed E-state index contributed by atoms with van der Waals surface area (Å²) in [6.45, 7) is 2.46. The fraction of sp³-hybridized carbons (Fsp3) is 0.727. The van der Waals surface area contributed by atoms with Crippen molar-refractivity contribution in [3.63, 3.8) is 0 Å². The SMILES string of the molecule is Clc1cnc(CNCCOC2CCCC2)s1. The predicted molar refractivity (Wildman–Crippen MR) is 67.0 cm³/mol. The molecule has 0 spiro atoms. The van der Waals surface area contributed by atoms with Gasteiger partial charge >= 0.3 is 0 Å². The van der Waals surface area contributed by atoms with Gasteiger partial charge in [0.05, 0.1) is 18.9 Å². The smallest absolute Gasteiger partial charge is 0.113 e. The van der Waals surface area contributed by atoms with E-state index in [1.165, 1.54) is 37.0 Å². The van der Waals surface area contributed by atoms with Crippen molar-refractivity contribution in [1.82, 2.24) is 10.3 Å². The Morgan fingerprint density at radius 1 is 1.50 bits per heavy atom. The van der Waals surface area contributed by atoms with Crippen LogP contribution in [0.1, 0.15) is 30.7 Å². The molecular formula is C11H17ClN2OS. The molecule has 0 bridgehead atoms. The van der Waals surface area contributed by atoms with E-state index in [9.17, 15) is 0 Å². The molecule has 1 fully saturated rings. The summed E-state index contributed by atoms with van der Waals surface area (Å²) in [6, 6.07) is 0. The summed E-state index contributed by atoms with van der Waals surface area (Å²) in [6.07, 6.45) is 7.34. The lowest BCUT2D eigenvalue weighted by atomic mass is 10.3. The Bertz CT molecular complexity index is 313. The van der Waals surface area contributed by atoms with Gasteiger partial charge in [0.2, 0.25) is 0 Å². The van der Waals surface area contributed by atoms with Crippen LogP contribution in [0.5, 0.6) is 0 Å². The second kappa shape index (κ2) is 6.55. The number of halogens is 1. The molecule has 1 saturated carbocycles. The molecule has 0 unspecified atom stereocenters. The molecule has 0 aliphatic heterocycles. The van der Waals surface area contributed by atoms with E-state index in [0.717, 1.165) is 29.0 Å². The average molecular weight is 261 g/mol. The van der Waals surface area contributed by atoms with E-state index in [0.29, 0.717) is 6.10 Å². The van der Waals surface area contributed by atoms with Gasteiger partial charge in [-0.1, -0.05) is 24.4 Å². The highest BCUT2D eigenvalue weighted by Gasteiger charge is 2.14. The van der Waals surface area contributed by atoms with Gasteiger partial charge in [0.15, 0.2) is 0 Å². The van der Waals surface area contributed by atoms with E-state index in [2.05, 4.69) is 10.3 Å². The first-order valence-corrected chi connectivity index (χ1v) is 6.96. The zero-order valence-electron chi connectivity index (χ0n) is 9.25. The Kier molecular flexibility index (Phi) is 5.03. The highest BCUT2D eigenvalue weighted by atomic mass is 35.5. The van der Waals surface area contributed by atoms with Gasteiger partial charge in [-0.25, -0.2) is 4.98 Å². The molecule has 1 heterocycles. The fourth-order valence-corrected chi connectivity index (χ4v) is 2.84. The van der Waals surface area contributed by atoms with E-state index < -0.39 is 0 Å². The first-order valence-electron chi connectivity index (χ1n) is 5.77. The van der Waals surface area contributed by atoms with E-state index >= 15 is 0 Å². The minimum Gasteiger partial charge on any atom is -0.377 e. The van der Waals surface area contributed by atoms with Crippen LogP contribution in [0.4, 0.5) is 0 Å². The molecule has 90 valence electrons. The number of rotatable bonds is 6. The number of nitrogens with one attached hydrogen (secondary N) is 1. The van der Waals surface area contributed by atoms with E-state index in [-0.39, 0.29) is 0 Å². The van der Waals surface area contributed by atoms with Gasteiger partial charge in [-0.15, -0.1) is 11.3 Å². The van der Waals surface area contributed by atoms with Crippen LogP contribution in [-0.2, 0) is 11.3 Å². The third kappa shape index (κ3) is 4.01. The monoisotopic (exact) mass is 260 g/mol. The standard InChI is InChI=1S/C11H17ClN2OS/c12-10-7-14-11(16-10)8-13-5-6-15-9-3-1-2-4-9/h7,9,13H,1-6,8H2. The lowest BCUT2D eigenvalue weighted by Crippen LogP contribution is -2.21. The zero-order valence-corrected chi connectivity index (χ0v) is 10.8. The Hall–Kier alpha value is -0.160. The first kappa shape index (κ1) is 12.3. The second-order valence-corrected chi connectivity index (χ2v) is 5.76. The predicted octanol–water partition coefficient (Wildman–Crippen LogP) is 2.85. The molecule has 0 atom stereocenters. The summed E-state index contributed by atoms with van der Waals surface area (Å²) in [5.74, 6) is 0. The molecule has 0 radical (unpaired) electrons. The summed E-state index contributed by atoms with van der Waals surface area (Å²) in [4.78, 5) is 4.17. The van der Waals surface area contributed by atoms with Crippen LogP contribution in [-0.4, -0.2) is 24.2 Å². The molecule has 1 aliphatic rings. The topological polar surface area (TPSA) is 34.2 Å². The summed E-state index contributed by atoms with van der Waals surface area (Å²) in [5, 5.41) is 4.34. The van der Waals surface area contributed by atoms with Crippen LogP contribution in [0.3, 0.4) is 0 Å². The quantitative estimate of drug-likeness (QED) is 0.799.